The van der Waals surface area contributed by atoms with Crippen LogP contribution in [0.5, 0.6) is 5.75 Å². The Morgan fingerprint density at radius 2 is 1.97 bits per heavy atom. The molecule has 0 atom stereocenters. The highest BCUT2D eigenvalue weighted by Crippen LogP contribution is 2.40. The van der Waals surface area contributed by atoms with E-state index in [0.29, 0.717) is 48.0 Å². The monoisotopic (exact) mass is 503 g/mol. The maximum absolute atomic E-state index is 14.0. The van der Waals surface area contributed by atoms with E-state index in [1.165, 1.54) is 0 Å². The van der Waals surface area contributed by atoms with Crippen LogP contribution in [0.1, 0.15) is 40.0 Å². The van der Waals surface area contributed by atoms with E-state index >= 15 is 0 Å². The van der Waals surface area contributed by atoms with E-state index in [0.717, 1.165) is 33.5 Å². The molecule has 1 aliphatic heterocycles. The maximum Gasteiger partial charge on any atom is 0.331 e. The second-order valence-corrected chi connectivity index (χ2v) is 9.64. The lowest BCUT2D eigenvalue weighted by Gasteiger charge is -2.26. The van der Waals surface area contributed by atoms with Crippen LogP contribution in [0.3, 0.4) is 0 Å². The first-order valence-corrected chi connectivity index (χ1v) is 12.1. The SMILES string of the molecule is Cc1cccc(CN(CC2=CC=C(C(=O)O)CC2)C(=O)c2nn(C)c3c2COc2ccc(Cl)cc2-3)c1. The normalized spacial score (nSPS) is 14.2. The van der Waals surface area contributed by atoms with Crippen molar-refractivity contribution in [1.82, 2.24) is 14.7 Å². The van der Waals surface area contributed by atoms with Crippen molar-refractivity contribution in [3.8, 4) is 17.0 Å². The number of nitrogens with zero attached hydrogens (tertiary/aromatic N) is 3. The van der Waals surface area contributed by atoms with Crippen molar-refractivity contribution >= 4 is 23.5 Å². The van der Waals surface area contributed by atoms with Gasteiger partial charge in [-0.25, -0.2) is 4.79 Å². The van der Waals surface area contributed by atoms with Crippen LogP contribution in [0, 0.1) is 6.92 Å². The number of aliphatic carboxylic acids is 1. The van der Waals surface area contributed by atoms with Crippen LogP contribution in [-0.4, -0.2) is 38.2 Å². The van der Waals surface area contributed by atoms with Crippen molar-refractivity contribution in [2.75, 3.05) is 6.54 Å². The number of carbonyl (C=O) groups excluding carboxylic acids is 1. The van der Waals surface area contributed by atoms with E-state index < -0.39 is 5.97 Å². The van der Waals surface area contributed by atoms with E-state index in [-0.39, 0.29) is 12.5 Å². The summed E-state index contributed by atoms with van der Waals surface area (Å²) in [5.74, 6) is -0.395. The van der Waals surface area contributed by atoms with E-state index in [9.17, 15) is 14.7 Å². The zero-order valence-corrected chi connectivity index (χ0v) is 20.9. The lowest BCUT2D eigenvalue weighted by Crippen LogP contribution is -2.34. The molecule has 8 heteroatoms. The van der Waals surface area contributed by atoms with Crippen molar-refractivity contribution in [2.24, 2.45) is 7.05 Å². The van der Waals surface area contributed by atoms with Gasteiger partial charge in [-0.1, -0.05) is 59.2 Å². The van der Waals surface area contributed by atoms with Gasteiger partial charge in [-0.05, 0) is 43.5 Å². The fourth-order valence-corrected chi connectivity index (χ4v) is 4.96. The summed E-state index contributed by atoms with van der Waals surface area (Å²) in [4.78, 5) is 27.1. The van der Waals surface area contributed by atoms with Crippen LogP contribution >= 0.6 is 11.6 Å². The molecule has 0 fully saturated rings. The average molecular weight is 504 g/mol. The molecule has 0 spiro atoms. The Kier molecular flexibility index (Phi) is 6.41. The summed E-state index contributed by atoms with van der Waals surface area (Å²) in [6.07, 6.45) is 4.48. The first-order valence-electron chi connectivity index (χ1n) is 11.8. The summed E-state index contributed by atoms with van der Waals surface area (Å²) in [7, 11) is 1.82. The molecule has 2 aromatic carbocycles. The Bertz CT molecular complexity index is 1440. The van der Waals surface area contributed by atoms with Crippen LogP contribution in [0.15, 0.2) is 65.8 Å². The van der Waals surface area contributed by atoms with Gasteiger partial charge in [0.1, 0.15) is 12.4 Å². The number of allylic oxidation sites excluding steroid dienone is 2. The predicted molar refractivity (Wildman–Crippen MR) is 137 cm³/mol. The van der Waals surface area contributed by atoms with Gasteiger partial charge in [0.15, 0.2) is 5.69 Å². The number of fused-ring (bicyclic) bond motifs is 3. The van der Waals surface area contributed by atoms with Gasteiger partial charge < -0.3 is 14.7 Å². The maximum atomic E-state index is 14.0. The lowest BCUT2D eigenvalue weighted by atomic mass is 9.97. The molecular formula is C28H26ClN3O4. The van der Waals surface area contributed by atoms with Gasteiger partial charge in [-0.15, -0.1) is 0 Å². The molecule has 1 aliphatic carbocycles. The third kappa shape index (κ3) is 4.66. The highest BCUT2D eigenvalue weighted by molar-refractivity contribution is 6.31. The highest BCUT2D eigenvalue weighted by Gasteiger charge is 2.31. The minimum Gasteiger partial charge on any atom is -0.488 e. The smallest absolute Gasteiger partial charge is 0.331 e. The summed E-state index contributed by atoms with van der Waals surface area (Å²) in [6, 6.07) is 13.5. The molecule has 184 valence electrons. The van der Waals surface area contributed by atoms with Crippen molar-refractivity contribution < 1.29 is 19.4 Å². The molecule has 0 saturated heterocycles. The second kappa shape index (κ2) is 9.66. The molecule has 0 bridgehead atoms. The van der Waals surface area contributed by atoms with Gasteiger partial charge in [0.2, 0.25) is 0 Å². The standard InChI is InChI=1S/C28H26ClN3O4/c1-17-4-3-5-19(12-17)15-32(14-18-6-8-20(9-7-18)28(34)35)27(33)25-23-16-36-24-11-10-21(29)13-22(24)26(23)31(2)30-25/h3-6,8,10-13H,7,9,14-16H2,1-2H3,(H,34,35). The van der Waals surface area contributed by atoms with E-state index in [1.54, 1.807) is 21.7 Å². The molecule has 2 aliphatic rings. The molecule has 1 N–H and O–H groups in total. The predicted octanol–water partition coefficient (Wildman–Crippen LogP) is 5.31. The third-order valence-electron chi connectivity index (χ3n) is 6.56. The molecule has 2 heterocycles. The average Bonchev–Trinajstić information content (AvgIpc) is 3.20. The Hall–Kier alpha value is -3.84. The van der Waals surface area contributed by atoms with Gasteiger partial charge >= 0.3 is 5.97 Å². The van der Waals surface area contributed by atoms with Crippen LogP contribution in [-0.2, 0) is 25.0 Å². The van der Waals surface area contributed by atoms with Gasteiger partial charge in [0, 0.05) is 41.9 Å². The number of aromatic nitrogens is 2. The van der Waals surface area contributed by atoms with Crippen molar-refractivity contribution in [3.63, 3.8) is 0 Å². The Labute approximate surface area is 214 Å². The van der Waals surface area contributed by atoms with Crippen LogP contribution in [0.2, 0.25) is 5.02 Å². The molecule has 7 nitrogen and oxygen atoms in total. The number of carboxylic acid groups (broad SMARTS) is 1. The summed E-state index contributed by atoms with van der Waals surface area (Å²) < 4.78 is 7.66. The Balaban J connectivity index is 1.51. The Morgan fingerprint density at radius 3 is 2.69 bits per heavy atom. The number of hydrogen-bond acceptors (Lipinski definition) is 4. The second-order valence-electron chi connectivity index (χ2n) is 9.20. The topological polar surface area (TPSA) is 84.7 Å². The number of rotatable bonds is 6. The van der Waals surface area contributed by atoms with Crippen LogP contribution in [0.25, 0.3) is 11.3 Å². The molecule has 0 saturated carbocycles. The number of ether oxygens (including phenoxy) is 1. The summed E-state index contributed by atoms with van der Waals surface area (Å²) >= 11 is 6.25. The van der Waals surface area contributed by atoms with E-state index in [2.05, 4.69) is 11.2 Å². The van der Waals surface area contributed by atoms with Crippen molar-refractivity contribution in [1.29, 1.82) is 0 Å². The van der Waals surface area contributed by atoms with Gasteiger partial charge in [-0.3, -0.25) is 9.48 Å². The third-order valence-corrected chi connectivity index (χ3v) is 6.80. The molecule has 5 rings (SSSR count). The van der Waals surface area contributed by atoms with E-state index in [4.69, 9.17) is 16.3 Å². The number of aryl methyl sites for hydroxylation is 2. The van der Waals surface area contributed by atoms with Gasteiger partial charge in [0.25, 0.3) is 5.91 Å². The molecule has 3 aromatic rings. The molecule has 1 aromatic heterocycles. The molecule has 1 amide bonds. The zero-order valence-electron chi connectivity index (χ0n) is 20.1. The first-order chi connectivity index (χ1) is 17.3. The number of carbonyl (C=O) groups is 2. The number of carboxylic acids is 1. The van der Waals surface area contributed by atoms with E-state index in [1.807, 2.05) is 50.4 Å². The van der Waals surface area contributed by atoms with Crippen molar-refractivity contribution in [2.45, 2.75) is 32.9 Å². The summed E-state index contributed by atoms with van der Waals surface area (Å²) in [5, 5.41) is 14.5. The highest BCUT2D eigenvalue weighted by atomic mass is 35.5. The quantitative estimate of drug-likeness (QED) is 0.492. The number of benzene rings is 2. The number of hydrogen-bond donors (Lipinski definition) is 1. The molecular weight excluding hydrogens is 478 g/mol. The number of halogens is 1. The summed E-state index contributed by atoms with van der Waals surface area (Å²) in [6.45, 7) is 3.05. The largest absolute Gasteiger partial charge is 0.488 e. The Morgan fingerprint density at radius 1 is 1.14 bits per heavy atom. The fourth-order valence-electron chi connectivity index (χ4n) is 4.79. The summed E-state index contributed by atoms with van der Waals surface area (Å²) in [5.41, 5.74) is 6.22. The van der Waals surface area contributed by atoms with Gasteiger partial charge in [-0.2, -0.15) is 5.10 Å². The van der Waals surface area contributed by atoms with Gasteiger partial charge in [0.05, 0.1) is 5.69 Å². The minimum absolute atomic E-state index is 0.198. The fraction of sp³-hybridized carbons (Fsp3) is 0.250. The minimum atomic E-state index is -0.904. The first kappa shape index (κ1) is 23.9. The molecule has 36 heavy (non-hydrogen) atoms. The number of amides is 1. The molecule has 0 unspecified atom stereocenters. The van der Waals surface area contributed by atoms with Crippen molar-refractivity contribution in [3.05, 3.63) is 93.2 Å². The zero-order chi connectivity index (χ0) is 25.4. The van der Waals surface area contributed by atoms with Crippen LogP contribution in [0.4, 0.5) is 0 Å². The molecule has 0 radical (unpaired) electrons. The van der Waals surface area contributed by atoms with Crippen LogP contribution < -0.4 is 4.74 Å². The lowest BCUT2D eigenvalue weighted by molar-refractivity contribution is -0.132.